The Hall–Kier alpha value is -4.54. The van der Waals surface area contributed by atoms with Crippen molar-refractivity contribution < 1.29 is 18.3 Å². The zero-order valence-corrected chi connectivity index (χ0v) is 19.2. The summed E-state index contributed by atoms with van der Waals surface area (Å²) in [6.45, 7) is 0.660. The van der Waals surface area contributed by atoms with Gasteiger partial charge in [-0.2, -0.15) is 5.10 Å². The van der Waals surface area contributed by atoms with Gasteiger partial charge in [0, 0.05) is 24.4 Å². The fourth-order valence-corrected chi connectivity index (χ4v) is 4.85. The topological polar surface area (TPSA) is 114 Å². The Kier molecular flexibility index (Phi) is 5.06. The van der Waals surface area contributed by atoms with Gasteiger partial charge in [0.25, 0.3) is 5.91 Å². The van der Waals surface area contributed by atoms with E-state index in [0.717, 1.165) is 18.6 Å². The molecule has 3 aromatic heterocycles. The van der Waals surface area contributed by atoms with E-state index in [-0.39, 0.29) is 11.6 Å². The minimum atomic E-state index is -0.609. The molecule has 3 N–H and O–H groups in total. The Morgan fingerprint density at radius 2 is 2.06 bits per heavy atom. The number of H-pyrrole nitrogens is 1. The van der Waals surface area contributed by atoms with E-state index in [1.54, 1.807) is 29.0 Å². The third-order valence-electron chi connectivity index (χ3n) is 6.54. The highest BCUT2D eigenvalue weighted by molar-refractivity contribution is 6.00. The number of hydrogen-bond donors (Lipinski definition) is 2. The number of methoxy groups -OCH3 is 1. The summed E-state index contributed by atoms with van der Waals surface area (Å²) in [5, 5.41) is 4.38. The van der Waals surface area contributed by atoms with Gasteiger partial charge in [-0.25, -0.2) is 23.3 Å². The maximum absolute atomic E-state index is 14.6. The predicted octanol–water partition coefficient (Wildman–Crippen LogP) is 4.00. The number of nitrogens with two attached hydrogens (primary N) is 1. The number of nitrogens with zero attached hydrogens (tertiary/aromatic N) is 5. The van der Waals surface area contributed by atoms with Crippen LogP contribution < -0.4 is 15.4 Å². The average Bonchev–Trinajstić information content (AvgIpc) is 3.61. The number of imidazole rings is 1. The van der Waals surface area contributed by atoms with E-state index < -0.39 is 17.5 Å². The number of nitrogens with one attached hydrogen (secondary N) is 1. The van der Waals surface area contributed by atoms with Crippen molar-refractivity contribution in [2.24, 2.45) is 5.73 Å². The molecule has 0 radical (unpaired) electrons. The van der Waals surface area contributed by atoms with Crippen molar-refractivity contribution in [3.63, 3.8) is 0 Å². The average molecular weight is 489 g/mol. The van der Waals surface area contributed by atoms with Gasteiger partial charge in [-0.1, -0.05) is 0 Å². The van der Waals surface area contributed by atoms with E-state index in [9.17, 15) is 13.6 Å². The molecule has 9 nitrogen and oxygen atoms in total. The Labute approximate surface area is 203 Å². The van der Waals surface area contributed by atoms with Crippen molar-refractivity contribution in [2.75, 3.05) is 18.6 Å². The molecule has 1 amide bonds. The van der Waals surface area contributed by atoms with Crippen LogP contribution in [-0.2, 0) is 0 Å². The molecule has 2 aromatic carbocycles. The second-order valence-corrected chi connectivity index (χ2v) is 8.65. The number of benzene rings is 2. The molecule has 1 aliphatic rings. The van der Waals surface area contributed by atoms with Crippen molar-refractivity contribution in [3.8, 4) is 17.1 Å². The van der Waals surface area contributed by atoms with Crippen LogP contribution in [0.3, 0.4) is 0 Å². The molecule has 1 saturated heterocycles. The minimum absolute atomic E-state index is 0.241. The van der Waals surface area contributed by atoms with Crippen LogP contribution in [0.4, 0.5) is 14.6 Å². The normalized spacial score (nSPS) is 15.8. The number of halogens is 2. The molecule has 6 rings (SSSR count). The summed E-state index contributed by atoms with van der Waals surface area (Å²) < 4.78 is 35.3. The number of anilines is 1. The van der Waals surface area contributed by atoms with Crippen molar-refractivity contribution in [1.29, 1.82) is 0 Å². The van der Waals surface area contributed by atoms with Gasteiger partial charge in [0.2, 0.25) is 0 Å². The summed E-state index contributed by atoms with van der Waals surface area (Å²) in [5.74, 6) is -0.0556. The highest BCUT2D eigenvalue weighted by Gasteiger charge is 2.30. The summed E-state index contributed by atoms with van der Waals surface area (Å²) >= 11 is 0. The number of aromatic amines is 1. The Morgan fingerprint density at radius 3 is 2.86 bits per heavy atom. The number of ether oxygens (including phenoxy) is 1. The molecule has 0 unspecified atom stereocenters. The third-order valence-corrected chi connectivity index (χ3v) is 6.54. The highest BCUT2D eigenvalue weighted by Crippen LogP contribution is 2.37. The lowest BCUT2D eigenvalue weighted by Gasteiger charge is -2.26. The molecular formula is C25H21F2N7O2. The molecule has 0 aliphatic carbocycles. The lowest BCUT2D eigenvalue weighted by molar-refractivity contribution is 0.0997. The van der Waals surface area contributed by atoms with E-state index in [4.69, 9.17) is 15.5 Å². The number of carbonyl (C=O) groups is 1. The van der Waals surface area contributed by atoms with E-state index in [2.05, 4.69) is 15.1 Å². The summed E-state index contributed by atoms with van der Waals surface area (Å²) in [7, 11) is 1.46. The quantitative estimate of drug-likeness (QED) is 0.386. The number of primary amides is 1. The van der Waals surface area contributed by atoms with Crippen molar-refractivity contribution in [3.05, 3.63) is 71.6 Å². The first-order valence-electron chi connectivity index (χ1n) is 11.4. The van der Waals surface area contributed by atoms with Gasteiger partial charge in [0.15, 0.2) is 5.65 Å². The summed E-state index contributed by atoms with van der Waals surface area (Å²) in [6, 6.07) is 8.26. The van der Waals surface area contributed by atoms with E-state index in [1.165, 1.54) is 13.2 Å². The zero-order chi connectivity index (χ0) is 25.0. The molecule has 182 valence electrons. The van der Waals surface area contributed by atoms with Crippen LogP contribution in [0, 0.1) is 11.6 Å². The summed E-state index contributed by atoms with van der Waals surface area (Å²) in [6.07, 6.45) is 4.93. The lowest BCUT2D eigenvalue weighted by Crippen LogP contribution is -2.24. The first-order chi connectivity index (χ1) is 17.4. The zero-order valence-electron chi connectivity index (χ0n) is 19.2. The molecule has 0 spiro atoms. The van der Waals surface area contributed by atoms with Gasteiger partial charge in [0.05, 0.1) is 41.5 Å². The van der Waals surface area contributed by atoms with Gasteiger partial charge in [-0.15, -0.1) is 0 Å². The van der Waals surface area contributed by atoms with Crippen LogP contribution in [0.1, 0.15) is 34.8 Å². The lowest BCUT2D eigenvalue weighted by atomic mass is 10.0. The first-order valence-corrected chi connectivity index (χ1v) is 11.4. The van der Waals surface area contributed by atoms with Gasteiger partial charge in [-0.05, 0) is 43.2 Å². The Morgan fingerprint density at radius 1 is 1.19 bits per heavy atom. The van der Waals surface area contributed by atoms with Crippen LogP contribution in [0.25, 0.3) is 28.1 Å². The van der Waals surface area contributed by atoms with Gasteiger partial charge in [-0.3, -0.25) is 4.79 Å². The molecule has 11 heteroatoms. The maximum Gasteiger partial charge on any atom is 0.252 e. The van der Waals surface area contributed by atoms with Crippen LogP contribution in [0.2, 0.25) is 0 Å². The fraction of sp³-hybridized carbons (Fsp3) is 0.200. The number of aromatic nitrogens is 5. The van der Waals surface area contributed by atoms with E-state index >= 15 is 0 Å². The molecule has 36 heavy (non-hydrogen) atoms. The number of amides is 1. The molecule has 4 heterocycles. The molecule has 0 saturated carbocycles. The second kappa shape index (κ2) is 8.29. The van der Waals surface area contributed by atoms with Crippen molar-refractivity contribution in [1.82, 2.24) is 24.6 Å². The van der Waals surface area contributed by atoms with Gasteiger partial charge >= 0.3 is 0 Å². The van der Waals surface area contributed by atoms with Gasteiger partial charge in [0.1, 0.15) is 29.0 Å². The van der Waals surface area contributed by atoms with Crippen molar-refractivity contribution >= 4 is 28.4 Å². The Balaban J connectivity index is 1.42. The summed E-state index contributed by atoms with van der Waals surface area (Å²) in [5.41, 5.74) is 8.41. The number of carbonyl (C=O) groups excluding carboxylic acids is 1. The SMILES string of the molecule is COc1cc2nc(-c3cnn4ccc(N5CCC[C@@H]5c5cc(F)ccc5F)nc34)[nH]c2cc1C(N)=O. The van der Waals surface area contributed by atoms with E-state index in [1.807, 2.05) is 11.0 Å². The molecule has 1 fully saturated rings. The molecular weight excluding hydrogens is 468 g/mol. The van der Waals surface area contributed by atoms with Crippen LogP contribution in [0.5, 0.6) is 5.75 Å². The summed E-state index contributed by atoms with van der Waals surface area (Å²) in [4.78, 5) is 26.4. The van der Waals surface area contributed by atoms with Crippen LogP contribution >= 0.6 is 0 Å². The number of hydrogen-bond acceptors (Lipinski definition) is 6. The highest BCUT2D eigenvalue weighted by atomic mass is 19.1. The molecule has 0 bridgehead atoms. The Bertz CT molecular complexity index is 1640. The predicted molar refractivity (Wildman–Crippen MR) is 129 cm³/mol. The third kappa shape index (κ3) is 3.51. The maximum atomic E-state index is 14.6. The molecule has 1 atom stereocenters. The fourth-order valence-electron chi connectivity index (χ4n) is 4.85. The second-order valence-electron chi connectivity index (χ2n) is 8.65. The minimum Gasteiger partial charge on any atom is -0.496 e. The van der Waals surface area contributed by atoms with Crippen LogP contribution in [0.15, 0.2) is 48.8 Å². The molecule has 5 aromatic rings. The molecule has 1 aliphatic heterocycles. The number of rotatable bonds is 5. The largest absolute Gasteiger partial charge is 0.496 e. The van der Waals surface area contributed by atoms with E-state index in [0.29, 0.717) is 58.2 Å². The van der Waals surface area contributed by atoms with Crippen molar-refractivity contribution in [2.45, 2.75) is 18.9 Å². The van der Waals surface area contributed by atoms with Gasteiger partial charge < -0.3 is 20.4 Å². The standard InChI is InChI=1S/C25H21F2N7O2/c1-36-21-11-19-18(10-15(21)23(28)35)30-24(31-19)16-12-29-34-8-6-22(32-25(16)34)33-7-2-3-20(33)14-9-13(26)4-5-17(14)27/h4-6,8-12,20H,2-3,7H2,1H3,(H2,28,35)(H,30,31)/t20-/m1/s1. The monoisotopic (exact) mass is 489 g/mol. The smallest absolute Gasteiger partial charge is 0.252 e. The van der Waals surface area contributed by atoms with Crippen LogP contribution in [-0.4, -0.2) is 44.1 Å². The first kappa shape index (κ1) is 22.0. The number of fused-ring (bicyclic) bond motifs is 2.